The van der Waals surface area contributed by atoms with Crippen molar-refractivity contribution in [1.82, 2.24) is 9.97 Å². The summed E-state index contributed by atoms with van der Waals surface area (Å²) >= 11 is 1.37. The van der Waals surface area contributed by atoms with Gasteiger partial charge in [0.1, 0.15) is 0 Å². The number of aryl methyl sites for hydroxylation is 1. The van der Waals surface area contributed by atoms with E-state index in [-0.39, 0.29) is 5.91 Å². The van der Waals surface area contributed by atoms with Gasteiger partial charge in [0.15, 0.2) is 5.13 Å². The smallest absolute Gasteiger partial charge is 0.328 e. The quantitative estimate of drug-likeness (QED) is 0.842. The van der Waals surface area contributed by atoms with Crippen LogP contribution < -0.4 is 5.32 Å². The number of pyridine rings is 1. The molecule has 2 aromatic rings. The van der Waals surface area contributed by atoms with E-state index in [0.29, 0.717) is 16.3 Å². The number of hydrogen-bond acceptors (Lipinski definition) is 5. The van der Waals surface area contributed by atoms with Crippen LogP contribution in [0.1, 0.15) is 20.8 Å². The van der Waals surface area contributed by atoms with Gasteiger partial charge in [-0.2, -0.15) is 0 Å². The molecule has 0 spiro atoms. The zero-order valence-corrected chi connectivity index (χ0v) is 11.3. The number of carbonyl (C=O) groups is 2. The lowest BCUT2D eigenvalue weighted by Crippen LogP contribution is -2.12. The lowest BCUT2D eigenvalue weighted by Gasteiger charge is -2.02. The van der Waals surface area contributed by atoms with E-state index >= 15 is 0 Å². The van der Waals surface area contributed by atoms with E-state index < -0.39 is 5.97 Å². The molecule has 2 N–H and O–H groups in total. The van der Waals surface area contributed by atoms with Gasteiger partial charge in [0.2, 0.25) is 0 Å². The average Bonchev–Trinajstić information content (AvgIpc) is 2.82. The minimum Gasteiger partial charge on any atom is -0.478 e. The molecule has 20 heavy (non-hydrogen) atoms. The maximum Gasteiger partial charge on any atom is 0.328 e. The average molecular weight is 289 g/mol. The number of carboxylic acids is 1. The molecule has 0 aliphatic rings. The highest BCUT2D eigenvalue weighted by Gasteiger charge is 2.09. The monoisotopic (exact) mass is 289 g/mol. The molecule has 0 atom stereocenters. The van der Waals surface area contributed by atoms with Crippen LogP contribution in [0.4, 0.5) is 5.13 Å². The lowest BCUT2D eigenvalue weighted by atomic mass is 10.2. The van der Waals surface area contributed by atoms with Gasteiger partial charge in [-0.15, -0.1) is 11.3 Å². The standard InChI is InChI=1S/C13H11N3O3S/c1-8-5-15-13(20-8)16-12(19)10-4-9(6-14-7-10)2-3-11(17)18/h2-7H,1H3,(H,17,18)(H,15,16,19). The van der Waals surface area contributed by atoms with Crippen LogP contribution in [-0.2, 0) is 4.79 Å². The summed E-state index contributed by atoms with van der Waals surface area (Å²) < 4.78 is 0. The summed E-state index contributed by atoms with van der Waals surface area (Å²) in [6.07, 6.45) is 6.92. The van der Waals surface area contributed by atoms with Gasteiger partial charge >= 0.3 is 5.97 Å². The maximum absolute atomic E-state index is 12.0. The Morgan fingerprint density at radius 3 is 2.80 bits per heavy atom. The summed E-state index contributed by atoms with van der Waals surface area (Å²) in [5.41, 5.74) is 0.876. The fourth-order valence-electron chi connectivity index (χ4n) is 1.42. The number of amides is 1. The molecule has 2 aromatic heterocycles. The van der Waals surface area contributed by atoms with Gasteiger partial charge in [0.25, 0.3) is 5.91 Å². The summed E-state index contributed by atoms with van der Waals surface area (Å²) in [6.45, 7) is 1.90. The van der Waals surface area contributed by atoms with Crippen molar-refractivity contribution in [3.8, 4) is 0 Å². The third-order valence-corrected chi connectivity index (χ3v) is 3.11. The second-order valence-corrected chi connectivity index (χ2v) is 5.14. The van der Waals surface area contributed by atoms with Crippen LogP contribution in [0.15, 0.2) is 30.7 Å². The molecule has 0 saturated heterocycles. The number of nitrogens with zero attached hydrogens (tertiary/aromatic N) is 2. The first-order valence-electron chi connectivity index (χ1n) is 5.64. The van der Waals surface area contributed by atoms with Crippen molar-refractivity contribution in [2.45, 2.75) is 6.92 Å². The molecule has 2 heterocycles. The number of thiazole rings is 1. The Morgan fingerprint density at radius 2 is 2.15 bits per heavy atom. The molecule has 0 aromatic carbocycles. The predicted molar refractivity (Wildman–Crippen MR) is 75.7 cm³/mol. The normalized spacial score (nSPS) is 10.7. The minimum absolute atomic E-state index is 0.336. The van der Waals surface area contributed by atoms with Crippen LogP contribution >= 0.6 is 11.3 Å². The van der Waals surface area contributed by atoms with Crippen molar-refractivity contribution >= 4 is 34.4 Å². The summed E-state index contributed by atoms with van der Waals surface area (Å²) in [4.78, 5) is 31.4. The molecule has 0 bridgehead atoms. The number of aromatic nitrogens is 2. The zero-order chi connectivity index (χ0) is 14.5. The van der Waals surface area contributed by atoms with Crippen molar-refractivity contribution in [1.29, 1.82) is 0 Å². The summed E-state index contributed by atoms with van der Waals surface area (Å²) in [5.74, 6) is -1.39. The van der Waals surface area contributed by atoms with Crippen LogP contribution in [-0.4, -0.2) is 27.0 Å². The number of carbonyl (C=O) groups excluding carboxylic acids is 1. The molecule has 7 heteroatoms. The van der Waals surface area contributed by atoms with Crippen LogP contribution in [0.25, 0.3) is 6.08 Å². The van der Waals surface area contributed by atoms with E-state index in [1.165, 1.54) is 29.8 Å². The first-order valence-corrected chi connectivity index (χ1v) is 6.46. The topological polar surface area (TPSA) is 92.2 Å². The number of anilines is 1. The molecule has 0 radical (unpaired) electrons. The van der Waals surface area contributed by atoms with Crippen LogP contribution in [0.2, 0.25) is 0 Å². The fourth-order valence-corrected chi connectivity index (χ4v) is 2.08. The third kappa shape index (κ3) is 3.72. The van der Waals surface area contributed by atoms with E-state index in [2.05, 4.69) is 15.3 Å². The summed E-state index contributed by atoms with van der Waals surface area (Å²) in [6, 6.07) is 1.56. The summed E-state index contributed by atoms with van der Waals surface area (Å²) in [5, 5.41) is 11.7. The van der Waals surface area contributed by atoms with Crippen molar-refractivity contribution in [3.63, 3.8) is 0 Å². The highest BCUT2D eigenvalue weighted by atomic mass is 32.1. The van der Waals surface area contributed by atoms with E-state index in [9.17, 15) is 9.59 Å². The summed E-state index contributed by atoms with van der Waals surface area (Å²) in [7, 11) is 0. The van der Waals surface area contributed by atoms with Crippen LogP contribution in [0.5, 0.6) is 0 Å². The van der Waals surface area contributed by atoms with Gasteiger partial charge < -0.3 is 5.11 Å². The van der Waals surface area contributed by atoms with Gasteiger partial charge in [-0.1, -0.05) is 0 Å². The van der Waals surface area contributed by atoms with E-state index in [4.69, 9.17) is 5.11 Å². The second kappa shape index (κ2) is 6.07. The zero-order valence-electron chi connectivity index (χ0n) is 10.5. The Morgan fingerprint density at radius 1 is 1.35 bits per heavy atom. The maximum atomic E-state index is 12.0. The molecule has 1 amide bonds. The van der Waals surface area contributed by atoms with Gasteiger partial charge in [-0.25, -0.2) is 9.78 Å². The molecular weight excluding hydrogens is 278 g/mol. The predicted octanol–water partition coefficient (Wildman–Crippen LogP) is 2.20. The van der Waals surface area contributed by atoms with Gasteiger partial charge in [-0.05, 0) is 24.6 Å². The Bertz CT molecular complexity index is 679. The van der Waals surface area contributed by atoms with Crippen molar-refractivity contribution in [3.05, 3.63) is 46.7 Å². The van der Waals surface area contributed by atoms with Gasteiger partial charge in [0, 0.05) is 29.5 Å². The first-order chi connectivity index (χ1) is 9.54. The number of rotatable bonds is 4. The number of nitrogens with one attached hydrogen (secondary N) is 1. The van der Waals surface area contributed by atoms with Gasteiger partial charge in [-0.3, -0.25) is 15.1 Å². The van der Waals surface area contributed by atoms with E-state index in [0.717, 1.165) is 11.0 Å². The highest BCUT2D eigenvalue weighted by molar-refractivity contribution is 7.15. The minimum atomic E-state index is -1.06. The second-order valence-electron chi connectivity index (χ2n) is 3.91. The van der Waals surface area contributed by atoms with E-state index in [1.807, 2.05) is 6.92 Å². The Balaban J connectivity index is 2.14. The molecule has 2 rings (SSSR count). The molecule has 0 unspecified atom stereocenters. The first kappa shape index (κ1) is 13.9. The molecule has 0 saturated carbocycles. The number of hydrogen-bond donors (Lipinski definition) is 2. The SMILES string of the molecule is Cc1cnc(NC(=O)c2cncc(C=CC(=O)O)c2)s1. The highest BCUT2D eigenvalue weighted by Crippen LogP contribution is 2.17. The lowest BCUT2D eigenvalue weighted by molar-refractivity contribution is -0.131. The molecule has 102 valence electrons. The van der Waals surface area contributed by atoms with Crippen LogP contribution in [0, 0.1) is 6.92 Å². The van der Waals surface area contributed by atoms with Crippen molar-refractivity contribution in [2.24, 2.45) is 0 Å². The van der Waals surface area contributed by atoms with E-state index in [1.54, 1.807) is 12.3 Å². The van der Waals surface area contributed by atoms with Gasteiger partial charge in [0.05, 0.1) is 5.56 Å². The molecule has 0 fully saturated rings. The Kier molecular flexibility index (Phi) is 4.21. The molecule has 6 nitrogen and oxygen atoms in total. The fraction of sp³-hybridized carbons (Fsp3) is 0.0769. The number of carboxylic acid groups (broad SMARTS) is 1. The largest absolute Gasteiger partial charge is 0.478 e. The van der Waals surface area contributed by atoms with Crippen molar-refractivity contribution in [2.75, 3.05) is 5.32 Å². The molecule has 0 aliphatic heterocycles. The van der Waals surface area contributed by atoms with Crippen molar-refractivity contribution < 1.29 is 14.7 Å². The Labute approximate surface area is 118 Å². The Hall–Kier alpha value is -2.54. The molecule has 0 aliphatic carbocycles. The molecular formula is C13H11N3O3S. The third-order valence-electron chi connectivity index (χ3n) is 2.28. The number of aliphatic carboxylic acids is 1. The van der Waals surface area contributed by atoms with Crippen LogP contribution in [0.3, 0.4) is 0 Å².